The molecule has 0 aromatic heterocycles. The maximum absolute atomic E-state index is 13.9. The molecule has 0 fully saturated rings. The van der Waals surface area contributed by atoms with Crippen molar-refractivity contribution in [3.05, 3.63) is 35.2 Å². The summed E-state index contributed by atoms with van der Waals surface area (Å²) in [6.45, 7) is 0. The first-order chi connectivity index (χ1) is 8.93. The summed E-state index contributed by atoms with van der Waals surface area (Å²) in [6.07, 6.45) is 0. The van der Waals surface area contributed by atoms with Crippen LogP contribution in [0.4, 0.5) is 22.0 Å². The fourth-order valence-corrected chi connectivity index (χ4v) is 1.77. The minimum absolute atomic E-state index is 0.506. The van der Waals surface area contributed by atoms with Crippen molar-refractivity contribution in [2.45, 2.75) is 0 Å². The van der Waals surface area contributed by atoms with Gasteiger partial charge in [0.25, 0.3) is 0 Å². The molecule has 0 atom stereocenters. The molecule has 2 nitrogen and oxygen atoms in total. The van der Waals surface area contributed by atoms with Crippen molar-refractivity contribution in [1.29, 1.82) is 0 Å². The molecule has 0 amide bonds. The Labute approximate surface area is 104 Å². The van der Waals surface area contributed by atoms with Gasteiger partial charge in [-0.1, -0.05) is 0 Å². The Bertz CT molecular complexity index is 669. The average molecular weight is 278 g/mol. The van der Waals surface area contributed by atoms with Crippen molar-refractivity contribution < 1.29 is 31.4 Å². The second-order valence-corrected chi connectivity index (χ2v) is 3.60. The highest BCUT2D eigenvalue weighted by Crippen LogP contribution is 2.38. The van der Waals surface area contributed by atoms with Crippen molar-refractivity contribution in [1.82, 2.24) is 0 Å². The zero-order chi connectivity index (χ0) is 14.3. The molecule has 2 rings (SSSR count). The molecule has 2 aromatic carbocycles. The lowest BCUT2D eigenvalue weighted by Crippen LogP contribution is -2.03. The normalized spacial score (nSPS) is 10.9. The fourth-order valence-electron chi connectivity index (χ4n) is 1.77. The highest BCUT2D eigenvalue weighted by atomic mass is 19.2. The van der Waals surface area contributed by atoms with Crippen LogP contribution in [0.5, 0.6) is 11.5 Å². The summed E-state index contributed by atoms with van der Waals surface area (Å²) >= 11 is 0. The standard InChI is InChI=1S/C12H7F5O2/c1-18-5-3-4(13)6-7(8(5)14)10(16)12(19-2)11(17)9(6)15/h3H,1-2H3. The Morgan fingerprint density at radius 2 is 1.37 bits per heavy atom. The molecule has 102 valence electrons. The number of ether oxygens (including phenoxy) is 2. The van der Waals surface area contributed by atoms with Crippen LogP contribution < -0.4 is 9.47 Å². The number of halogens is 5. The van der Waals surface area contributed by atoms with Gasteiger partial charge in [-0.25, -0.2) is 17.6 Å². The molecule has 0 aliphatic rings. The second kappa shape index (κ2) is 4.56. The third kappa shape index (κ3) is 1.76. The van der Waals surface area contributed by atoms with E-state index in [4.69, 9.17) is 0 Å². The summed E-state index contributed by atoms with van der Waals surface area (Å²) in [7, 11) is 1.90. The molecular weight excluding hydrogens is 271 g/mol. The van der Waals surface area contributed by atoms with Gasteiger partial charge in [0.2, 0.25) is 5.82 Å². The van der Waals surface area contributed by atoms with Gasteiger partial charge in [-0.15, -0.1) is 0 Å². The van der Waals surface area contributed by atoms with Gasteiger partial charge in [0.15, 0.2) is 29.0 Å². The zero-order valence-electron chi connectivity index (χ0n) is 9.78. The van der Waals surface area contributed by atoms with Crippen LogP contribution in [0.2, 0.25) is 0 Å². The minimum Gasteiger partial charge on any atom is -0.494 e. The lowest BCUT2D eigenvalue weighted by atomic mass is 10.1. The molecule has 0 radical (unpaired) electrons. The van der Waals surface area contributed by atoms with Crippen LogP contribution in [0.3, 0.4) is 0 Å². The van der Waals surface area contributed by atoms with Gasteiger partial charge >= 0.3 is 0 Å². The minimum atomic E-state index is -1.73. The van der Waals surface area contributed by atoms with Gasteiger partial charge in [-0.05, 0) is 0 Å². The topological polar surface area (TPSA) is 18.5 Å². The largest absolute Gasteiger partial charge is 0.494 e. The van der Waals surface area contributed by atoms with Crippen LogP contribution in [0.15, 0.2) is 6.07 Å². The molecule has 19 heavy (non-hydrogen) atoms. The number of methoxy groups -OCH3 is 2. The van der Waals surface area contributed by atoms with Crippen molar-refractivity contribution in [3.63, 3.8) is 0 Å². The Hall–Kier alpha value is -2.05. The summed E-state index contributed by atoms with van der Waals surface area (Å²) in [6, 6.07) is 0.506. The predicted octanol–water partition coefficient (Wildman–Crippen LogP) is 3.55. The van der Waals surface area contributed by atoms with Crippen LogP contribution in [0.1, 0.15) is 0 Å². The Kier molecular flexibility index (Phi) is 3.21. The molecule has 0 saturated carbocycles. The molecular formula is C12H7F5O2. The van der Waals surface area contributed by atoms with Crippen LogP contribution in [0.25, 0.3) is 10.8 Å². The van der Waals surface area contributed by atoms with E-state index < -0.39 is 51.4 Å². The van der Waals surface area contributed by atoms with Crippen LogP contribution >= 0.6 is 0 Å². The summed E-state index contributed by atoms with van der Waals surface area (Å²) in [5.74, 6) is -9.43. The van der Waals surface area contributed by atoms with Gasteiger partial charge in [0, 0.05) is 6.07 Å². The molecule has 0 saturated heterocycles. The third-order valence-electron chi connectivity index (χ3n) is 2.64. The Morgan fingerprint density at radius 1 is 0.737 bits per heavy atom. The summed E-state index contributed by atoms with van der Waals surface area (Å²) in [5, 5.41) is -2.19. The van der Waals surface area contributed by atoms with Crippen molar-refractivity contribution in [2.24, 2.45) is 0 Å². The monoisotopic (exact) mass is 278 g/mol. The molecule has 0 aliphatic heterocycles. The molecule has 0 unspecified atom stereocenters. The van der Waals surface area contributed by atoms with Gasteiger partial charge in [-0.3, -0.25) is 0 Å². The van der Waals surface area contributed by atoms with Gasteiger partial charge in [0.05, 0.1) is 25.0 Å². The van der Waals surface area contributed by atoms with E-state index in [-0.39, 0.29) is 0 Å². The summed E-state index contributed by atoms with van der Waals surface area (Å²) in [5.41, 5.74) is 0. The van der Waals surface area contributed by atoms with Gasteiger partial charge in [-0.2, -0.15) is 4.39 Å². The highest BCUT2D eigenvalue weighted by molar-refractivity contribution is 5.88. The number of hydrogen-bond donors (Lipinski definition) is 0. The zero-order valence-corrected chi connectivity index (χ0v) is 9.78. The maximum atomic E-state index is 13.9. The number of rotatable bonds is 2. The quantitative estimate of drug-likeness (QED) is 0.617. The van der Waals surface area contributed by atoms with E-state index in [2.05, 4.69) is 9.47 Å². The van der Waals surface area contributed by atoms with E-state index in [1.807, 2.05) is 0 Å². The number of fused-ring (bicyclic) bond motifs is 1. The molecule has 2 aromatic rings. The van der Waals surface area contributed by atoms with Crippen molar-refractivity contribution >= 4 is 10.8 Å². The van der Waals surface area contributed by atoms with Crippen LogP contribution in [0, 0.1) is 29.1 Å². The average Bonchev–Trinajstić information content (AvgIpc) is 2.38. The summed E-state index contributed by atoms with van der Waals surface area (Å²) < 4.78 is 77.2. The Morgan fingerprint density at radius 3 is 1.89 bits per heavy atom. The SMILES string of the molecule is COc1cc(F)c2c(F)c(F)c(OC)c(F)c2c1F. The fraction of sp³-hybridized carbons (Fsp3) is 0.167. The van der Waals surface area contributed by atoms with E-state index in [0.29, 0.717) is 6.07 Å². The number of benzene rings is 2. The molecule has 7 heteroatoms. The first-order valence-electron chi connectivity index (χ1n) is 5.00. The molecule has 0 bridgehead atoms. The first kappa shape index (κ1) is 13.4. The van der Waals surface area contributed by atoms with Gasteiger partial charge in [0.1, 0.15) is 5.82 Å². The first-order valence-corrected chi connectivity index (χ1v) is 5.00. The Balaban J connectivity index is 3.08. The van der Waals surface area contributed by atoms with E-state index in [1.54, 1.807) is 0 Å². The van der Waals surface area contributed by atoms with Crippen molar-refractivity contribution in [3.8, 4) is 11.5 Å². The second-order valence-electron chi connectivity index (χ2n) is 3.60. The smallest absolute Gasteiger partial charge is 0.204 e. The van der Waals surface area contributed by atoms with Crippen LogP contribution in [-0.2, 0) is 0 Å². The van der Waals surface area contributed by atoms with E-state index in [0.717, 1.165) is 14.2 Å². The molecule has 0 N–H and O–H groups in total. The van der Waals surface area contributed by atoms with E-state index in [1.165, 1.54) is 0 Å². The summed E-state index contributed by atoms with van der Waals surface area (Å²) in [4.78, 5) is 0. The van der Waals surface area contributed by atoms with E-state index in [9.17, 15) is 22.0 Å². The predicted molar refractivity (Wildman–Crippen MR) is 56.8 cm³/mol. The number of hydrogen-bond acceptors (Lipinski definition) is 2. The highest BCUT2D eigenvalue weighted by Gasteiger charge is 2.27. The lowest BCUT2D eigenvalue weighted by Gasteiger charge is -2.12. The third-order valence-corrected chi connectivity index (χ3v) is 2.64. The lowest BCUT2D eigenvalue weighted by molar-refractivity contribution is 0.348. The molecule has 0 aliphatic carbocycles. The maximum Gasteiger partial charge on any atom is 0.204 e. The van der Waals surface area contributed by atoms with Gasteiger partial charge < -0.3 is 9.47 Å². The molecule has 0 spiro atoms. The van der Waals surface area contributed by atoms with Crippen LogP contribution in [-0.4, -0.2) is 14.2 Å². The molecule has 0 heterocycles. The van der Waals surface area contributed by atoms with E-state index >= 15 is 0 Å². The van der Waals surface area contributed by atoms with Crippen molar-refractivity contribution in [2.75, 3.05) is 14.2 Å².